The fourth-order valence-corrected chi connectivity index (χ4v) is 2.49. The van der Waals surface area contributed by atoms with Gasteiger partial charge in [0.05, 0.1) is 19.8 Å². The molecule has 2 aromatic rings. The lowest BCUT2D eigenvalue weighted by atomic mass is 10.0. The third-order valence-electron chi connectivity index (χ3n) is 3.38. The highest BCUT2D eigenvalue weighted by Crippen LogP contribution is 2.27. The van der Waals surface area contributed by atoms with Gasteiger partial charge in [0.1, 0.15) is 0 Å². The van der Waals surface area contributed by atoms with Crippen LogP contribution >= 0.6 is 0 Å². The zero-order valence-electron chi connectivity index (χ0n) is 10.7. The van der Waals surface area contributed by atoms with Crippen LogP contribution in [0.25, 0.3) is 0 Å². The van der Waals surface area contributed by atoms with Crippen LogP contribution in [0, 0.1) is 0 Å². The summed E-state index contributed by atoms with van der Waals surface area (Å²) in [5.41, 5.74) is 1.33. The smallest absolute Gasteiger partial charge is 0.188 e. The van der Waals surface area contributed by atoms with Crippen LogP contribution in [0.2, 0.25) is 0 Å². The van der Waals surface area contributed by atoms with Crippen molar-refractivity contribution in [1.29, 1.82) is 0 Å². The van der Waals surface area contributed by atoms with Crippen molar-refractivity contribution in [2.45, 2.75) is 18.9 Å². The quantitative estimate of drug-likeness (QED) is 0.760. The second-order valence-electron chi connectivity index (χ2n) is 4.86. The normalized spacial score (nSPS) is 20.7. The van der Waals surface area contributed by atoms with E-state index >= 15 is 0 Å². The van der Waals surface area contributed by atoms with Crippen molar-refractivity contribution in [3.63, 3.8) is 0 Å². The summed E-state index contributed by atoms with van der Waals surface area (Å²) >= 11 is 0. The highest BCUT2D eigenvalue weighted by Gasteiger charge is 2.25. The standard InChI is InChI=1S/C11H17N7/c1-16-6-10(5-12-16)9-3-4-18(7-9)8-11-13-15-17(2)14-11/h5-6,9H,3-4,7-8H2,1-2H3. The monoisotopic (exact) mass is 247 g/mol. The minimum Gasteiger partial charge on any atom is -0.295 e. The van der Waals surface area contributed by atoms with Gasteiger partial charge >= 0.3 is 0 Å². The van der Waals surface area contributed by atoms with Crippen LogP contribution in [-0.4, -0.2) is 48.0 Å². The highest BCUT2D eigenvalue weighted by atomic mass is 15.6. The Morgan fingerprint density at radius 2 is 2.28 bits per heavy atom. The van der Waals surface area contributed by atoms with Crippen LogP contribution in [0.4, 0.5) is 0 Å². The van der Waals surface area contributed by atoms with E-state index < -0.39 is 0 Å². The Kier molecular flexibility index (Phi) is 2.83. The molecule has 0 spiro atoms. The van der Waals surface area contributed by atoms with Gasteiger partial charge < -0.3 is 0 Å². The summed E-state index contributed by atoms with van der Waals surface area (Å²) in [7, 11) is 3.75. The fraction of sp³-hybridized carbons (Fsp3) is 0.636. The topological polar surface area (TPSA) is 64.7 Å². The van der Waals surface area contributed by atoms with Crippen molar-refractivity contribution in [1.82, 2.24) is 34.9 Å². The van der Waals surface area contributed by atoms with Crippen molar-refractivity contribution >= 4 is 0 Å². The second kappa shape index (κ2) is 4.49. The Bertz CT molecular complexity index is 529. The molecule has 1 atom stereocenters. The number of aromatic nitrogens is 6. The molecular formula is C11H17N7. The molecule has 96 valence electrons. The number of hydrogen-bond donors (Lipinski definition) is 0. The zero-order chi connectivity index (χ0) is 12.5. The minimum atomic E-state index is 0.579. The number of tetrazole rings is 1. The Morgan fingerprint density at radius 3 is 2.94 bits per heavy atom. The second-order valence-corrected chi connectivity index (χ2v) is 4.86. The van der Waals surface area contributed by atoms with Gasteiger partial charge in [0.15, 0.2) is 5.82 Å². The van der Waals surface area contributed by atoms with Gasteiger partial charge in [0.25, 0.3) is 0 Å². The van der Waals surface area contributed by atoms with Crippen LogP contribution in [0.3, 0.4) is 0 Å². The summed E-state index contributed by atoms with van der Waals surface area (Å²) in [6, 6.07) is 0. The van der Waals surface area contributed by atoms with Crippen LogP contribution in [0.15, 0.2) is 12.4 Å². The van der Waals surface area contributed by atoms with Crippen molar-refractivity contribution < 1.29 is 0 Å². The first kappa shape index (κ1) is 11.3. The van der Waals surface area contributed by atoms with Crippen LogP contribution in [0.5, 0.6) is 0 Å². The van der Waals surface area contributed by atoms with Crippen LogP contribution in [-0.2, 0) is 20.6 Å². The maximum atomic E-state index is 4.23. The van der Waals surface area contributed by atoms with Crippen molar-refractivity contribution in [2.24, 2.45) is 14.1 Å². The van der Waals surface area contributed by atoms with E-state index in [9.17, 15) is 0 Å². The summed E-state index contributed by atoms with van der Waals surface area (Å²) in [5, 5.41) is 16.3. The van der Waals surface area contributed by atoms with E-state index in [1.54, 1.807) is 7.05 Å². The predicted molar refractivity (Wildman–Crippen MR) is 64.6 cm³/mol. The molecule has 0 radical (unpaired) electrons. The van der Waals surface area contributed by atoms with Gasteiger partial charge in [-0.25, -0.2) is 0 Å². The molecule has 1 aliphatic heterocycles. The van der Waals surface area contributed by atoms with E-state index in [0.29, 0.717) is 5.92 Å². The first-order valence-corrected chi connectivity index (χ1v) is 6.14. The first-order valence-electron chi connectivity index (χ1n) is 6.14. The van der Waals surface area contributed by atoms with E-state index in [-0.39, 0.29) is 0 Å². The third kappa shape index (κ3) is 2.26. The lowest BCUT2D eigenvalue weighted by Gasteiger charge is -2.12. The first-order chi connectivity index (χ1) is 8.70. The maximum absolute atomic E-state index is 4.23. The molecule has 7 nitrogen and oxygen atoms in total. The largest absolute Gasteiger partial charge is 0.295 e. The summed E-state index contributed by atoms with van der Waals surface area (Å²) in [6.45, 7) is 2.91. The summed E-state index contributed by atoms with van der Waals surface area (Å²) < 4.78 is 1.86. The zero-order valence-corrected chi connectivity index (χ0v) is 10.7. The molecule has 0 aliphatic carbocycles. The van der Waals surface area contributed by atoms with Gasteiger partial charge in [-0.1, -0.05) is 0 Å². The maximum Gasteiger partial charge on any atom is 0.188 e. The lowest BCUT2D eigenvalue weighted by molar-refractivity contribution is 0.317. The minimum absolute atomic E-state index is 0.579. The number of nitrogens with zero attached hydrogens (tertiary/aromatic N) is 7. The van der Waals surface area contributed by atoms with Gasteiger partial charge in [-0.15, -0.1) is 10.2 Å². The van der Waals surface area contributed by atoms with Crippen LogP contribution in [0.1, 0.15) is 23.7 Å². The number of aryl methyl sites for hydroxylation is 2. The molecule has 0 saturated carbocycles. The SMILES string of the molecule is Cn1cc(C2CCN(Cc3nnn(C)n3)C2)cn1. The van der Waals surface area contributed by atoms with Crippen molar-refractivity contribution in [3.05, 3.63) is 23.8 Å². The number of hydrogen-bond acceptors (Lipinski definition) is 5. The summed E-state index contributed by atoms with van der Waals surface area (Å²) in [6.07, 6.45) is 5.25. The number of rotatable bonds is 3. The Morgan fingerprint density at radius 1 is 1.39 bits per heavy atom. The van der Waals surface area contributed by atoms with E-state index in [2.05, 4.69) is 31.6 Å². The van der Waals surface area contributed by atoms with Crippen molar-refractivity contribution in [3.8, 4) is 0 Å². The molecule has 0 amide bonds. The molecule has 1 unspecified atom stereocenters. The van der Waals surface area contributed by atoms with Gasteiger partial charge in [-0.2, -0.15) is 9.90 Å². The third-order valence-corrected chi connectivity index (χ3v) is 3.38. The lowest BCUT2D eigenvalue weighted by Crippen LogP contribution is -2.20. The highest BCUT2D eigenvalue weighted by molar-refractivity contribution is 5.13. The van der Waals surface area contributed by atoms with Gasteiger partial charge in [0, 0.05) is 25.7 Å². The molecule has 0 aromatic carbocycles. The van der Waals surface area contributed by atoms with Gasteiger partial charge in [0.2, 0.25) is 0 Å². The Hall–Kier alpha value is -1.76. The van der Waals surface area contributed by atoms with E-state index in [1.807, 2.05) is 17.9 Å². The summed E-state index contributed by atoms with van der Waals surface area (Å²) in [5.74, 6) is 1.37. The van der Waals surface area contributed by atoms with E-state index in [1.165, 1.54) is 16.8 Å². The summed E-state index contributed by atoms with van der Waals surface area (Å²) in [4.78, 5) is 3.87. The van der Waals surface area contributed by atoms with E-state index in [0.717, 1.165) is 25.5 Å². The molecule has 2 aromatic heterocycles. The molecule has 1 saturated heterocycles. The van der Waals surface area contributed by atoms with E-state index in [4.69, 9.17) is 0 Å². The Labute approximate surface area is 105 Å². The molecule has 1 aliphatic rings. The molecule has 18 heavy (non-hydrogen) atoms. The van der Waals surface area contributed by atoms with Gasteiger partial charge in [-0.3, -0.25) is 9.58 Å². The molecule has 3 rings (SSSR count). The van der Waals surface area contributed by atoms with Crippen molar-refractivity contribution in [2.75, 3.05) is 13.1 Å². The molecule has 7 heteroatoms. The molecule has 1 fully saturated rings. The molecule has 3 heterocycles. The molecule has 0 N–H and O–H groups in total. The fourth-order valence-electron chi connectivity index (χ4n) is 2.49. The average molecular weight is 247 g/mol. The average Bonchev–Trinajstić information content (AvgIpc) is 3.01. The molecule has 0 bridgehead atoms. The van der Waals surface area contributed by atoms with Gasteiger partial charge in [-0.05, 0) is 23.7 Å². The molecular weight excluding hydrogens is 230 g/mol. The Balaban J connectivity index is 1.61. The predicted octanol–water partition coefficient (Wildman–Crippen LogP) is -0.0669. The number of likely N-dealkylation sites (tertiary alicyclic amines) is 1. The van der Waals surface area contributed by atoms with Crippen LogP contribution < -0.4 is 0 Å².